The topological polar surface area (TPSA) is 108 Å². The van der Waals surface area contributed by atoms with E-state index < -0.39 is 23.9 Å². The van der Waals surface area contributed by atoms with Gasteiger partial charge >= 0.3 is 17.9 Å². The molecule has 0 bridgehead atoms. The first-order chi connectivity index (χ1) is 9.54. The predicted octanol–water partition coefficient (Wildman–Crippen LogP) is 0.155. The molecule has 3 N–H and O–H groups in total. The Morgan fingerprint density at radius 1 is 1.25 bits per heavy atom. The van der Waals surface area contributed by atoms with Gasteiger partial charge in [-0.05, 0) is 18.6 Å². The number of benzene rings is 1. The molecule has 0 aliphatic heterocycles. The van der Waals surface area contributed by atoms with Gasteiger partial charge in [-0.15, -0.1) is 0 Å². The normalized spacial score (nSPS) is 11.5. The van der Waals surface area contributed by atoms with E-state index in [1.807, 2.05) is 0 Å². The summed E-state index contributed by atoms with van der Waals surface area (Å²) in [5, 5.41) is 0. The lowest BCUT2D eigenvalue weighted by atomic mass is 10.2. The van der Waals surface area contributed by atoms with Crippen molar-refractivity contribution in [2.24, 2.45) is 5.73 Å². The third kappa shape index (κ3) is 5.17. The first kappa shape index (κ1) is 15.8. The van der Waals surface area contributed by atoms with Crippen LogP contribution in [0.5, 0.6) is 0 Å². The van der Waals surface area contributed by atoms with Crippen molar-refractivity contribution in [2.45, 2.75) is 18.9 Å². The van der Waals surface area contributed by atoms with Gasteiger partial charge in [0.05, 0.1) is 5.56 Å². The van der Waals surface area contributed by atoms with Gasteiger partial charge in [0.2, 0.25) is 0 Å². The van der Waals surface area contributed by atoms with Crippen LogP contribution in [0.25, 0.3) is 0 Å². The van der Waals surface area contributed by atoms with Crippen molar-refractivity contribution >= 4 is 17.9 Å². The average Bonchev–Trinajstić information content (AvgIpc) is 2.45. The van der Waals surface area contributed by atoms with Crippen LogP contribution in [-0.4, -0.2) is 31.0 Å². The van der Waals surface area contributed by atoms with Crippen molar-refractivity contribution in [1.29, 1.82) is 0 Å². The van der Waals surface area contributed by atoms with Gasteiger partial charge in [-0.2, -0.15) is 5.48 Å². The second-order valence-electron chi connectivity index (χ2n) is 3.90. The van der Waals surface area contributed by atoms with E-state index in [1.54, 1.807) is 18.2 Å². The summed E-state index contributed by atoms with van der Waals surface area (Å²) < 4.78 is 4.63. The zero-order valence-corrected chi connectivity index (χ0v) is 11.0. The molecule has 0 fully saturated rings. The van der Waals surface area contributed by atoms with Crippen LogP contribution < -0.4 is 11.2 Å². The van der Waals surface area contributed by atoms with E-state index in [1.165, 1.54) is 19.2 Å². The quantitative estimate of drug-likeness (QED) is 0.434. The minimum absolute atomic E-state index is 0.0292. The lowest BCUT2D eigenvalue weighted by Gasteiger charge is -2.09. The first-order valence-electron chi connectivity index (χ1n) is 5.97. The molecule has 20 heavy (non-hydrogen) atoms. The van der Waals surface area contributed by atoms with E-state index in [4.69, 9.17) is 5.73 Å². The highest BCUT2D eigenvalue weighted by atomic mass is 16.7. The SMILES string of the molecule is CNOC(=O)[C@@H](N)CCC(=O)OC(=O)c1ccccc1. The minimum atomic E-state index is -0.957. The van der Waals surface area contributed by atoms with Gasteiger partial charge in [-0.3, -0.25) is 4.79 Å². The van der Waals surface area contributed by atoms with Crippen molar-refractivity contribution in [3.05, 3.63) is 35.9 Å². The Kier molecular flexibility index (Phi) is 6.34. The summed E-state index contributed by atoms with van der Waals surface area (Å²) in [4.78, 5) is 38.6. The summed E-state index contributed by atoms with van der Waals surface area (Å²) in [6.07, 6.45) is -0.125. The highest BCUT2D eigenvalue weighted by molar-refractivity contribution is 5.96. The number of esters is 2. The van der Waals surface area contributed by atoms with Crippen LogP contribution >= 0.6 is 0 Å². The maximum Gasteiger partial charge on any atom is 0.345 e. The standard InChI is InChI=1S/C13H16N2O5/c1-15-20-13(18)10(14)7-8-11(16)19-12(17)9-5-3-2-4-6-9/h2-6,10,15H,7-8,14H2,1H3/t10-/m0/s1. The lowest BCUT2D eigenvalue weighted by Crippen LogP contribution is -2.35. The van der Waals surface area contributed by atoms with Crippen LogP contribution in [0.4, 0.5) is 0 Å². The first-order valence-corrected chi connectivity index (χ1v) is 5.97. The summed E-state index contributed by atoms with van der Waals surface area (Å²) in [6, 6.07) is 7.17. The molecule has 0 aliphatic carbocycles. The minimum Gasteiger partial charge on any atom is -0.389 e. The average molecular weight is 280 g/mol. The highest BCUT2D eigenvalue weighted by Gasteiger charge is 2.19. The van der Waals surface area contributed by atoms with Gasteiger partial charge in [0.1, 0.15) is 6.04 Å². The number of hydrogen-bond donors (Lipinski definition) is 2. The fourth-order valence-corrected chi connectivity index (χ4v) is 1.36. The highest BCUT2D eigenvalue weighted by Crippen LogP contribution is 2.04. The van der Waals surface area contributed by atoms with Crippen LogP contribution in [0.15, 0.2) is 30.3 Å². The fraction of sp³-hybridized carbons (Fsp3) is 0.308. The molecule has 0 spiro atoms. The van der Waals surface area contributed by atoms with Crippen LogP contribution in [0.2, 0.25) is 0 Å². The third-order valence-corrected chi connectivity index (χ3v) is 2.38. The van der Waals surface area contributed by atoms with Gasteiger partial charge < -0.3 is 15.3 Å². The van der Waals surface area contributed by atoms with E-state index in [-0.39, 0.29) is 18.4 Å². The van der Waals surface area contributed by atoms with E-state index in [9.17, 15) is 14.4 Å². The second-order valence-corrected chi connectivity index (χ2v) is 3.90. The molecular formula is C13H16N2O5. The molecule has 108 valence electrons. The van der Waals surface area contributed by atoms with Gasteiger partial charge in [-0.1, -0.05) is 18.2 Å². The maximum atomic E-state index is 11.6. The maximum absolute atomic E-state index is 11.6. The fourth-order valence-electron chi connectivity index (χ4n) is 1.36. The number of nitrogens with two attached hydrogens (primary N) is 1. The summed E-state index contributed by atoms with van der Waals surface area (Å²) in [6.45, 7) is 0. The summed E-state index contributed by atoms with van der Waals surface area (Å²) in [5.41, 5.74) is 7.95. The summed E-state index contributed by atoms with van der Waals surface area (Å²) in [5.74, 6) is -2.16. The number of ether oxygens (including phenoxy) is 1. The van der Waals surface area contributed by atoms with Crippen molar-refractivity contribution < 1.29 is 24.0 Å². The van der Waals surface area contributed by atoms with Gasteiger partial charge in [0.15, 0.2) is 0 Å². The number of carbonyl (C=O) groups is 3. The zero-order chi connectivity index (χ0) is 15.0. The van der Waals surface area contributed by atoms with Gasteiger partial charge in [0.25, 0.3) is 0 Å². The molecule has 0 heterocycles. The molecular weight excluding hydrogens is 264 g/mol. The summed E-state index contributed by atoms with van der Waals surface area (Å²) in [7, 11) is 1.41. The Bertz CT molecular complexity index is 475. The largest absolute Gasteiger partial charge is 0.389 e. The van der Waals surface area contributed by atoms with Crippen molar-refractivity contribution in [3.8, 4) is 0 Å². The van der Waals surface area contributed by atoms with E-state index >= 15 is 0 Å². The molecule has 0 amide bonds. The number of carbonyl (C=O) groups excluding carboxylic acids is 3. The van der Waals surface area contributed by atoms with E-state index in [0.29, 0.717) is 0 Å². The Morgan fingerprint density at radius 3 is 2.50 bits per heavy atom. The molecule has 0 aromatic heterocycles. The molecule has 1 aromatic rings. The molecule has 7 nitrogen and oxygen atoms in total. The number of rotatable bonds is 6. The van der Waals surface area contributed by atoms with Crippen molar-refractivity contribution in [1.82, 2.24) is 5.48 Å². The lowest BCUT2D eigenvalue weighted by molar-refractivity contribution is -0.151. The smallest absolute Gasteiger partial charge is 0.345 e. The van der Waals surface area contributed by atoms with Crippen LogP contribution in [0, 0.1) is 0 Å². The number of hydrogen-bond acceptors (Lipinski definition) is 7. The Morgan fingerprint density at radius 2 is 1.90 bits per heavy atom. The second kappa shape index (κ2) is 8.03. The monoisotopic (exact) mass is 280 g/mol. The van der Waals surface area contributed by atoms with Crippen LogP contribution in [-0.2, 0) is 19.2 Å². The predicted molar refractivity (Wildman–Crippen MR) is 69.2 cm³/mol. The Labute approximate surface area is 116 Å². The molecule has 1 atom stereocenters. The van der Waals surface area contributed by atoms with Crippen molar-refractivity contribution in [3.63, 3.8) is 0 Å². The number of nitrogens with one attached hydrogen (secondary N) is 1. The van der Waals surface area contributed by atoms with E-state index in [0.717, 1.165) is 0 Å². The Balaban J connectivity index is 2.37. The van der Waals surface area contributed by atoms with Gasteiger partial charge in [-0.25, -0.2) is 9.59 Å². The summed E-state index contributed by atoms with van der Waals surface area (Å²) >= 11 is 0. The van der Waals surface area contributed by atoms with Crippen LogP contribution in [0.3, 0.4) is 0 Å². The zero-order valence-electron chi connectivity index (χ0n) is 11.0. The molecule has 7 heteroatoms. The molecule has 0 radical (unpaired) electrons. The molecule has 1 aromatic carbocycles. The van der Waals surface area contributed by atoms with Gasteiger partial charge in [0, 0.05) is 13.5 Å². The molecule has 0 unspecified atom stereocenters. The molecule has 0 saturated heterocycles. The van der Waals surface area contributed by atoms with E-state index in [2.05, 4.69) is 15.1 Å². The third-order valence-electron chi connectivity index (χ3n) is 2.38. The number of hydroxylamine groups is 1. The van der Waals surface area contributed by atoms with Crippen LogP contribution in [0.1, 0.15) is 23.2 Å². The Hall–Kier alpha value is -2.25. The molecule has 0 aliphatic rings. The molecule has 0 saturated carbocycles. The molecule has 1 rings (SSSR count). The van der Waals surface area contributed by atoms with Crippen molar-refractivity contribution in [2.75, 3.05) is 7.05 Å².